The average Bonchev–Trinajstić information content (AvgIpc) is 2.86. The van der Waals surface area contributed by atoms with E-state index < -0.39 is 0 Å². The molecule has 1 aromatic heterocycles. The Hall–Kier alpha value is -1.88. The van der Waals surface area contributed by atoms with Gasteiger partial charge in [-0.3, -0.25) is 0 Å². The van der Waals surface area contributed by atoms with E-state index in [-0.39, 0.29) is 5.97 Å². The summed E-state index contributed by atoms with van der Waals surface area (Å²) in [7, 11) is 1.36. The van der Waals surface area contributed by atoms with E-state index in [1.165, 1.54) is 30.2 Å². The molecule has 0 spiro atoms. The summed E-state index contributed by atoms with van der Waals surface area (Å²) in [6, 6.07) is 8.11. The number of thiazole rings is 1. The number of benzene rings is 1. The van der Waals surface area contributed by atoms with Crippen LogP contribution in [0.1, 0.15) is 22.2 Å². The molecule has 5 heteroatoms. The minimum atomic E-state index is -0.358. The summed E-state index contributed by atoms with van der Waals surface area (Å²) in [5, 5.41) is 3.86. The van der Waals surface area contributed by atoms with E-state index in [1.54, 1.807) is 0 Å². The molecule has 94 valence electrons. The third kappa shape index (κ3) is 2.87. The summed E-state index contributed by atoms with van der Waals surface area (Å²) in [6.45, 7) is 2.11. The van der Waals surface area contributed by atoms with Crippen molar-refractivity contribution in [2.45, 2.75) is 13.3 Å². The highest BCUT2D eigenvalue weighted by Crippen LogP contribution is 2.23. The number of aryl methyl sites for hydroxylation is 1. The van der Waals surface area contributed by atoms with Crippen LogP contribution in [0.4, 0.5) is 10.8 Å². The smallest absolute Gasteiger partial charge is 0.349 e. The SMILES string of the molecule is CCc1cccc(Nc2ncc(C(=O)OC)s2)c1. The van der Waals surface area contributed by atoms with E-state index in [0.717, 1.165) is 12.1 Å². The van der Waals surface area contributed by atoms with Crippen molar-refractivity contribution in [1.82, 2.24) is 4.98 Å². The predicted molar refractivity (Wildman–Crippen MR) is 72.6 cm³/mol. The van der Waals surface area contributed by atoms with E-state index >= 15 is 0 Å². The summed E-state index contributed by atoms with van der Waals surface area (Å²) in [4.78, 5) is 15.9. The molecule has 2 rings (SSSR count). The maximum absolute atomic E-state index is 11.3. The summed E-state index contributed by atoms with van der Waals surface area (Å²) in [6.07, 6.45) is 2.50. The van der Waals surface area contributed by atoms with Gasteiger partial charge in [0.15, 0.2) is 5.13 Å². The van der Waals surface area contributed by atoms with Crippen LogP contribution in [0, 0.1) is 0 Å². The normalized spacial score (nSPS) is 10.1. The van der Waals surface area contributed by atoms with Crippen molar-refractivity contribution < 1.29 is 9.53 Å². The lowest BCUT2D eigenvalue weighted by Crippen LogP contribution is -1.96. The summed E-state index contributed by atoms with van der Waals surface area (Å²) in [5.74, 6) is -0.358. The summed E-state index contributed by atoms with van der Waals surface area (Å²) < 4.78 is 4.64. The van der Waals surface area contributed by atoms with Gasteiger partial charge in [0.05, 0.1) is 13.3 Å². The molecule has 0 fully saturated rings. The van der Waals surface area contributed by atoms with E-state index in [2.05, 4.69) is 34.1 Å². The van der Waals surface area contributed by atoms with Crippen molar-refractivity contribution in [3.63, 3.8) is 0 Å². The molecule has 0 radical (unpaired) electrons. The van der Waals surface area contributed by atoms with Crippen molar-refractivity contribution >= 4 is 28.1 Å². The van der Waals surface area contributed by atoms with Crippen LogP contribution in [-0.4, -0.2) is 18.1 Å². The Balaban J connectivity index is 2.13. The van der Waals surface area contributed by atoms with Gasteiger partial charge in [0.2, 0.25) is 0 Å². The quantitative estimate of drug-likeness (QED) is 0.859. The molecule has 2 aromatic rings. The number of methoxy groups -OCH3 is 1. The molecule has 0 bridgehead atoms. The molecular formula is C13H14N2O2S. The third-order valence-electron chi connectivity index (χ3n) is 2.48. The second-order valence-corrected chi connectivity index (χ2v) is 4.73. The van der Waals surface area contributed by atoms with Gasteiger partial charge in [-0.15, -0.1) is 0 Å². The first-order valence-electron chi connectivity index (χ1n) is 5.63. The van der Waals surface area contributed by atoms with Crippen LogP contribution in [0.15, 0.2) is 30.5 Å². The van der Waals surface area contributed by atoms with E-state index in [0.29, 0.717) is 10.0 Å². The van der Waals surface area contributed by atoms with Crippen molar-refractivity contribution in [3.05, 3.63) is 40.9 Å². The van der Waals surface area contributed by atoms with Crippen molar-refractivity contribution in [2.75, 3.05) is 12.4 Å². The first-order valence-corrected chi connectivity index (χ1v) is 6.44. The Kier molecular flexibility index (Phi) is 3.94. The average molecular weight is 262 g/mol. The maximum Gasteiger partial charge on any atom is 0.349 e. The minimum absolute atomic E-state index is 0.358. The number of rotatable bonds is 4. The predicted octanol–water partition coefficient (Wildman–Crippen LogP) is 3.24. The number of nitrogens with one attached hydrogen (secondary N) is 1. The number of hydrogen-bond acceptors (Lipinski definition) is 5. The number of aromatic nitrogens is 1. The zero-order valence-corrected chi connectivity index (χ0v) is 11.1. The fourth-order valence-corrected chi connectivity index (χ4v) is 2.27. The van der Waals surface area contributed by atoms with Crippen LogP contribution < -0.4 is 5.32 Å². The number of ether oxygens (including phenoxy) is 1. The van der Waals surface area contributed by atoms with Crippen LogP contribution in [0.3, 0.4) is 0 Å². The molecule has 0 aliphatic carbocycles. The van der Waals surface area contributed by atoms with Gasteiger partial charge in [-0.05, 0) is 24.1 Å². The number of carbonyl (C=O) groups is 1. The molecule has 0 unspecified atom stereocenters. The molecule has 4 nitrogen and oxygen atoms in total. The molecule has 1 N–H and O–H groups in total. The van der Waals surface area contributed by atoms with Gasteiger partial charge in [-0.1, -0.05) is 30.4 Å². The standard InChI is InChI=1S/C13H14N2O2S/c1-3-9-5-4-6-10(7-9)15-13-14-8-11(18-13)12(16)17-2/h4-8H,3H2,1-2H3,(H,14,15). The van der Waals surface area contributed by atoms with Crippen molar-refractivity contribution in [2.24, 2.45) is 0 Å². The number of hydrogen-bond donors (Lipinski definition) is 1. The van der Waals surface area contributed by atoms with E-state index in [9.17, 15) is 4.79 Å². The van der Waals surface area contributed by atoms with Crippen LogP contribution in [0.25, 0.3) is 0 Å². The lowest BCUT2D eigenvalue weighted by atomic mass is 10.1. The molecule has 1 aromatic carbocycles. The maximum atomic E-state index is 11.3. The fraction of sp³-hybridized carbons (Fsp3) is 0.231. The molecule has 0 aliphatic rings. The number of esters is 1. The molecule has 0 amide bonds. The van der Waals surface area contributed by atoms with Crippen molar-refractivity contribution in [3.8, 4) is 0 Å². The monoisotopic (exact) mass is 262 g/mol. The molecule has 0 aliphatic heterocycles. The largest absolute Gasteiger partial charge is 0.465 e. The van der Waals surface area contributed by atoms with Gasteiger partial charge in [-0.2, -0.15) is 0 Å². The highest BCUT2D eigenvalue weighted by atomic mass is 32.1. The first kappa shape index (κ1) is 12.6. The van der Waals surface area contributed by atoms with Crippen LogP contribution in [0.5, 0.6) is 0 Å². The second-order valence-electron chi connectivity index (χ2n) is 3.70. The number of carbonyl (C=O) groups excluding carboxylic acids is 1. The molecule has 0 saturated carbocycles. The Bertz CT molecular complexity index is 551. The molecule has 0 atom stereocenters. The molecule has 18 heavy (non-hydrogen) atoms. The highest BCUT2D eigenvalue weighted by molar-refractivity contribution is 7.17. The second kappa shape index (κ2) is 5.64. The van der Waals surface area contributed by atoms with Gasteiger partial charge in [0.25, 0.3) is 0 Å². The molecule has 1 heterocycles. The zero-order valence-electron chi connectivity index (χ0n) is 10.3. The van der Waals surface area contributed by atoms with Gasteiger partial charge in [0.1, 0.15) is 4.88 Å². The summed E-state index contributed by atoms with van der Waals surface area (Å²) in [5.41, 5.74) is 2.23. The lowest BCUT2D eigenvalue weighted by molar-refractivity contribution is 0.0606. The number of anilines is 2. The minimum Gasteiger partial charge on any atom is -0.465 e. The lowest BCUT2D eigenvalue weighted by Gasteiger charge is -2.04. The Labute approximate surface area is 110 Å². The van der Waals surface area contributed by atoms with Gasteiger partial charge in [-0.25, -0.2) is 9.78 Å². The first-order chi connectivity index (χ1) is 8.72. The highest BCUT2D eigenvalue weighted by Gasteiger charge is 2.10. The van der Waals surface area contributed by atoms with Gasteiger partial charge < -0.3 is 10.1 Å². The fourth-order valence-electron chi connectivity index (χ4n) is 1.52. The molecule has 0 saturated heterocycles. The Morgan fingerprint density at radius 2 is 2.33 bits per heavy atom. The van der Waals surface area contributed by atoms with E-state index in [4.69, 9.17) is 0 Å². The van der Waals surface area contributed by atoms with Crippen LogP contribution in [-0.2, 0) is 11.2 Å². The van der Waals surface area contributed by atoms with E-state index in [1.807, 2.05) is 12.1 Å². The zero-order chi connectivity index (χ0) is 13.0. The Morgan fingerprint density at radius 1 is 1.50 bits per heavy atom. The number of nitrogens with zero attached hydrogens (tertiary/aromatic N) is 1. The Morgan fingerprint density at radius 3 is 3.06 bits per heavy atom. The van der Waals surface area contributed by atoms with Crippen molar-refractivity contribution in [1.29, 1.82) is 0 Å². The summed E-state index contributed by atoms with van der Waals surface area (Å²) >= 11 is 1.28. The van der Waals surface area contributed by atoms with Gasteiger partial charge in [0, 0.05) is 5.69 Å². The van der Waals surface area contributed by atoms with Crippen LogP contribution in [0.2, 0.25) is 0 Å². The third-order valence-corrected chi connectivity index (χ3v) is 3.37. The molecular weight excluding hydrogens is 248 g/mol. The topological polar surface area (TPSA) is 51.2 Å². The van der Waals surface area contributed by atoms with Crippen LogP contribution >= 0.6 is 11.3 Å². The van der Waals surface area contributed by atoms with Gasteiger partial charge >= 0.3 is 5.97 Å².